The second-order valence-electron chi connectivity index (χ2n) is 2.89. The zero-order valence-corrected chi connectivity index (χ0v) is 10.9. The van der Waals surface area contributed by atoms with Crippen LogP contribution in [0.3, 0.4) is 0 Å². The number of thiazole rings is 1. The quantitative estimate of drug-likeness (QED) is 0.856. The van der Waals surface area contributed by atoms with E-state index in [0.717, 1.165) is 17.0 Å². The summed E-state index contributed by atoms with van der Waals surface area (Å²) in [6.07, 6.45) is 2.46. The molecule has 0 unspecified atom stereocenters. The van der Waals surface area contributed by atoms with Crippen molar-refractivity contribution in [2.24, 2.45) is 0 Å². The van der Waals surface area contributed by atoms with Gasteiger partial charge in [0.1, 0.15) is 0 Å². The average molecular weight is 333 g/mol. The lowest BCUT2D eigenvalue weighted by Gasteiger charge is -2.02. The highest BCUT2D eigenvalue weighted by molar-refractivity contribution is 14.1. The van der Waals surface area contributed by atoms with Crippen LogP contribution in [0.15, 0.2) is 16.5 Å². The lowest BCUT2D eigenvalue weighted by molar-refractivity contribution is 0.970. The molecule has 0 saturated heterocycles. The number of aromatic amines is 1. The van der Waals surface area contributed by atoms with Gasteiger partial charge in [-0.15, -0.1) is 11.3 Å². The summed E-state index contributed by atoms with van der Waals surface area (Å²) in [6.45, 7) is 1.99. The summed E-state index contributed by atoms with van der Waals surface area (Å²) in [5.74, 6) is 0.611. The monoisotopic (exact) mass is 333 g/mol. The van der Waals surface area contributed by atoms with E-state index in [1.54, 1.807) is 11.7 Å². The third-order valence-electron chi connectivity index (χ3n) is 1.93. The van der Waals surface area contributed by atoms with Crippen molar-refractivity contribution < 1.29 is 0 Å². The van der Waals surface area contributed by atoms with Gasteiger partial charge in [-0.05, 0) is 29.0 Å². The summed E-state index contributed by atoms with van der Waals surface area (Å²) in [7, 11) is 0. The third kappa shape index (κ3) is 2.10. The van der Waals surface area contributed by atoms with Crippen molar-refractivity contribution in [2.75, 3.05) is 0 Å². The molecule has 0 aromatic carbocycles. The Morgan fingerprint density at radius 3 is 3.00 bits per heavy atom. The first kappa shape index (κ1) is 10.7. The lowest BCUT2D eigenvalue weighted by atomic mass is 10.3. The van der Waals surface area contributed by atoms with Crippen molar-refractivity contribution in [3.8, 4) is 10.7 Å². The Morgan fingerprint density at radius 1 is 1.60 bits per heavy atom. The Morgan fingerprint density at radius 2 is 2.40 bits per heavy atom. The van der Waals surface area contributed by atoms with E-state index in [4.69, 9.17) is 0 Å². The Balaban J connectivity index is 2.61. The van der Waals surface area contributed by atoms with Crippen LogP contribution >= 0.6 is 33.9 Å². The highest BCUT2D eigenvalue weighted by Crippen LogP contribution is 2.19. The first-order chi connectivity index (χ1) is 7.22. The van der Waals surface area contributed by atoms with E-state index in [-0.39, 0.29) is 5.56 Å². The van der Waals surface area contributed by atoms with E-state index >= 15 is 0 Å². The molecule has 0 aliphatic carbocycles. The largest absolute Gasteiger partial charge is 0.305 e. The van der Waals surface area contributed by atoms with Crippen LogP contribution in [0.25, 0.3) is 10.7 Å². The van der Waals surface area contributed by atoms with Crippen molar-refractivity contribution in [3.63, 3.8) is 0 Å². The number of H-pyrrole nitrogens is 1. The zero-order chi connectivity index (χ0) is 10.8. The Kier molecular flexibility index (Phi) is 3.15. The zero-order valence-electron chi connectivity index (χ0n) is 7.95. The molecule has 0 radical (unpaired) electrons. The molecule has 1 N–H and O–H groups in total. The SMILES string of the molecule is CCc1nc(-c2cncs2)[nH]c(=O)c1I. The fourth-order valence-electron chi connectivity index (χ4n) is 1.19. The lowest BCUT2D eigenvalue weighted by Crippen LogP contribution is -2.15. The minimum absolute atomic E-state index is 0.0779. The molecule has 0 aliphatic heterocycles. The van der Waals surface area contributed by atoms with Crippen LogP contribution in [-0.4, -0.2) is 15.0 Å². The third-order valence-corrected chi connectivity index (χ3v) is 3.82. The summed E-state index contributed by atoms with van der Waals surface area (Å²) in [5.41, 5.74) is 2.48. The number of hydrogen-bond acceptors (Lipinski definition) is 4. The number of halogens is 1. The van der Waals surface area contributed by atoms with Crippen LogP contribution in [0.2, 0.25) is 0 Å². The standard InChI is InChI=1S/C9H8IN3OS/c1-2-5-7(10)9(14)13-8(12-5)6-3-11-4-15-6/h3-4H,2H2,1H3,(H,12,13,14). The summed E-state index contributed by atoms with van der Waals surface area (Å²) >= 11 is 3.48. The normalized spacial score (nSPS) is 10.5. The Bertz CT molecular complexity index is 521. The fraction of sp³-hybridized carbons (Fsp3) is 0.222. The fourth-order valence-corrected chi connectivity index (χ4v) is 2.39. The van der Waals surface area contributed by atoms with Gasteiger partial charge in [-0.3, -0.25) is 9.78 Å². The second kappa shape index (κ2) is 4.40. The van der Waals surface area contributed by atoms with Gasteiger partial charge >= 0.3 is 0 Å². The number of aromatic nitrogens is 3. The maximum Gasteiger partial charge on any atom is 0.264 e. The smallest absolute Gasteiger partial charge is 0.264 e. The maximum atomic E-state index is 11.6. The van der Waals surface area contributed by atoms with Gasteiger partial charge in [0.2, 0.25) is 0 Å². The molecule has 0 saturated carbocycles. The van der Waals surface area contributed by atoms with Gasteiger partial charge in [0.05, 0.1) is 19.7 Å². The Hall–Kier alpha value is -0.760. The first-order valence-corrected chi connectivity index (χ1v) is 6.35. The van der Waals surface area contributed by atoms with Crippen molar-refractivity contribution in [3.05, 3.63) is 31.3 Å². The molecule has 0 aliphatic rings. The molecule has 0 spiro atoms. The van der Waals surface area contributed by atoms with Crippen molar-refractivity contribution in [2.45, 2.75) is 13.3 Å². The minimum atomic E-state index is -0.0779. The van der Waals surface area contributed by atoms with E-state index < -0.39 is 0 Å². The Labute approximate surface area is 104 Å². The molecule has 0 fully saturated rings. The van der Waals surface area contributed by atoms with Crippen LogP contribution in [-0.2, 0) is 6.42 Å². The van der Waals surface area contributed by atoms with E-state index in [1.807, 2.05) is 29.5 Å². The van der Waals surface area contributed by atoms with Gasteiger partial charge in [0.15, 0.2) is 5.82 Å². The predicted octanol–water partition coefficient (Wildman–Crippen LogP) is 2.06. The molecule has 78 valence electrons. The van der Waals surface area contributed by atoms with Crippen LogP contribution in [0, 0.1) is 3.57 Å². The number of rotatable bonds is 2. The molecular weight excluding hydrogens is 325 g/mol. The number of hydrogen-bond donors (Lipinski definition) is 1. The predicted molar refractivity (Wildman–Crippen MR) is 68.1 cm³/mol. The van der Waals surface area contributed by atoms with Crippen LogP contribution < -0.4 is 5.56 Å². The van der Waals surface area contributed by atoms with E-state index in [2.05, 4.69) is 15.0 Å². The number of aryl methyl sites for hydroxylation is 1. The molecule has 0 atom stereocenters. The summed E-state index contributed by atoms with van der Waals surface area (Å²) in [5, 5.41) is 0. The summed E-state index contributed by atoms with van der Waals surface area (Å²) < 4.78 is 0.670. The maximum absolute atomic E-state index is 11.6. The highest BCUT2D eigenvalue weighted by Gasteiger charge is 2.09. The summed E-state index contributed by atoms with van der Waals surface area (Å²) in [6, 6.07) is 0. The topological polar surface area (TPSA) is 58.6 Å². The molecule has 2 aromatic rings. The van der Waals surface area contributed by atoms with Gasteiger partial charge in [-0.1, -0.05) is 6.92 Å². The van der Waals surface area contributed by atoms with Gasteiger partial charge in [-0.25, -0.2) is 4.98 Å². The first-order valence-electron chi connectivity index (χ1n) is 4.40. The molecule has 2 aromatic heterocycles. The second-order valence-corrected chi connectivity index (χ2v) is 4.86. The minimum Gasteiger partial charge on any atom is -0.305 e. The average Bonchev–Trinajstić information content (AvgIpc) is 2.75. The van der Waals surface area contributed by atoms with E-state index in [0.29, 0.717) is 9.39 Å². The van der Waals surface area contributed by atoms with Crippen LogP contribution in [0.1, 0.15) is 12.6 Å². The van der Waals surface area contributed by atoms with Crippen LogP contribution in [0.5, 0.6) is 0 Å². The number of nitrogens with zero attached hydrogens (tertiary/aromatic N) is 2. The molecule has 15 heavy (non-hydrogen) atoms. The summed E-state index contributed by atoms with van der Waals surface area (Å²) in [4.78, 5) is 23.6. The molecule has 6 heteroatoms. The molecule has 4 nitrogen and oxygen atoms in total. The van der Waals surface area contributed by atoms with Gasteiger partial charge in [0.25, 0.3) is 5.56 Å². The van der Waals surface area contributed by atoms with Crippen LogP contribution in [0.4, 0.5) is 0 Å². The molecule has 0 amide bonds. The number of nitrogens with one attached hydrogen (secondary N) is 1. The highest BCUT2D eigenvalue weighted by atomic mass is 127. The molecule has 0 bridgehead atoms. The molecular formula is C9H8IN3OS. The van der Waals surface area contributed by atoms with Gasteiger partial charge in [-0.2, -0.15) is 0 Å². The van der Waals surface area contributed by atoms with Gasteiger partial charge < -0.3 is 4.98 Å². The van der Waals surface area contributed by atoms with Gasteiger partial charge in [0, 0.05) is 6.20 Å². The van der Waals surface area contributed by atoms with E-state index in [1.165, 1.54) is 11.3 Å². The van der Waals surface area contributed by atoms with Crippen molar-refractivity contribution >= 4 is 33.9 Å². The molecule has 2 heterocycles. The van der Waals surface area contributed by atoms with Crippen molar-refractivity contribution in [1.82, 2.24) is 15.0 Å². The molecule has 2 rings (SSSR count). The van der Waals surface area contributed by atoms with Crippen molar-refractivity contribution in [1.29, 1.82) is 0 Å². The van der Waals surface area contributed by atoms with E-state index in [9.17, 15) is 4.79 Å².